The number of carbonyl (C=O) groups is 2. The van der Waals surface area contributed by atoms with Crippen LogP contribution in [0.15, 0.2) is 66.4 Å². The number of esters is 1. The summed E-state index contributed by atoms with van der Waals surface area (Å²) in [6, 6.07) is 14.0. The van der Waals surface area contributed by atoms with Crippen LogP contribution < -0.4 is 4.90 Å². The number of anilines is 1. The largest absolute Gasteiger partial charge is 0.454 e. The van der Waals surface area contributed by atoms with Crippen molar-refractivity contribution in [3.63, 3.8) is 0 Å². The monoisotopic (exact) mass is 406 g/mol. The Kier molecular flexibility index (Phi) is 5.82. The Morgan fingerprint density at radius 3 is 2.50 bits per heavy atom. The molecule has 1 aliphatic rings. The molecule has 0 amide bonds. The average Bonchev–Trinajstić information content (AvgIpc) is 2.92. The topological polar surface area (TPSA) is 89.8 Å². The Hall–Kier alpha value is -3.74. The van der Waals surface area contributed by atoms with Gasteiger partial charge in [0, 0.05) is 42.1 Å². The second-order valence-electron chi connectivity index (χ2n) is 7.45. The van der Waals surface area contributed by atoms with Crippen molar-refractivity contribution in [2.24, 2.45) is 0 Å². The van der Waals surface area contributed by atoms with E-state index in [0.717, 1.165) is 23.0 Å². The molecule has 154 valence electrons. The lowest BCUT2D eigenvalue weighted by Gasteiger charge is -2.23. The number of carbonyl (C=O) groups excluding carboxylic acids is 2. The number of fused-ring (bicyclic) bond motifs is 1. The second-order valence-corrected chi connectivity index (χ2v) is 7.45. The van der Waals surface area contributed by atoms with Crippen molar-refractivity contribution in [2.45, 2.75) is 19.3 Å². The summed E-state index contributed by atoms with van der Waals surface area (Å²) in [5.74, 6) is -1.09. The van der Waals surface area contributed by atoms with Gasteiger partial charge in [-0.25, -0.2) is 4.79 Å². The molecule has 0 aromatic heterocycles. The molecular weight excluding hydrogens is 384 g/mol. The highest BCUT2D eigenvalue weighted by Crippen LogP contribution is 2.46. The zero-order valence-corrected chi connectivity index (χ0v) is 17.0. The first-order valence-electron chi connectivity index (χ1n) is 9.38. The number of ketones is 1. The van der Waals surface area contributed by atoms with E-state index >= 15 is 0 Å². The van der Waals surface area contributed by atoms with Gasteiger partial charge >= 0.3 is 5.97 Å². The van der Waals surface area contributed by atoms with Crippen molar-refractivity contribution < 1.29 is 19.2 Å². The maximum Gasteiger partial charge on any atom is 0.331 e. The molecule has 0 fully saturated rings. The lowest BCUT2D eigenvalue weighted by Crippen LogP contribution is -2.25. The number of ether oxygens (including phenoxy) is 1. The minimum Gasteiger partial charge on any atom is -0.454 e. The third-order valence-electron chi connectivity index (χ3n) is 5.13. The highest BCUT2D eigenvalue weighted by atomic mass is 16.6. The van der Waals surface area contributed by atoms with Crippen LogP contribution in [0, 0.1) is 10.1 Å². The predicted molar refractivity (Wildman–Crippen MR) is 114 cm³/mol. The summed E-state index contributed by atoms with van der Waals surface area (Å²) in [7, 11) is 1.90. The van der Waals surface area contributed by atoms with E-state index in [-0.39, 0.29) is 22.4 Å². The van der Waals surface area contributed by atoms with Gasteiger partial charge in [-0.2, -0.15) is 0 Å². The summed E-state index contributed by atoms with van der Waals surface area (Å²) in [4.78, 5) is 36.8. The van der Waals surface area contributed by atoms with Crippen molar-refractivity contribution in [3.8, 4) is 0 Å². The van der Waals surface area contributed by atoms with Crippen molar-refractivity contribution >= 4 is 29.2 Å². The van der Waals surface area contributed by atoms with Gasteiger partial charge in [0.2, 0.25) is 0 Å². The maximum absolute atomic E-state index is 12.4. The van der Waals surface area contributed by atoms with Crippen LogP contribution in [0.1, 0.15) is 25.0 Å². The molecule has 7 nitrogen and oxygen atoms in total. The van der Waals surface area contributed by atoms with Gasteiger partial charge < -0.3 is 9.64 Å². The number of nitrogens with zero attached hydrogens (tertiary/aromatic N) is 2. The number of likely N-dealkylation sites (N-methyl/N-ethyl adjacent to an activating group) is 1. The third-order valence-corrected chi connectivity index (χ3v) is 5.13. The fourth-order valence-electron chi connectivity index (χ4n) is 3.60. The van der Waals surface area contributed by atoms with E-state index in [1.165, 1.54) is 24.3 Å². The van der Waals surface area contributed by atoms with E-state index in [9.17, 15) is 19.7 Å². The molecule has 0 aliphatic carbocycles. The number of nitro benzene ring substituents is 1. The predicted octanol–water partition coefficient (Wildman–Crippen LogP) is 4.03. The highest BCUT2D eigenvalue weighted by molar-refractivity contribution is 5.96. The summed E-state index contributed by atoms with van der Waals surface area (Å²) in [6.07, 6.45) is 3.87. The fraction of sp³-hybridized carbons (Fsp3) is 0.217. The first-order chi connectivity index (χ1) is 14.2. The molecule has 0 saturated carbocycles. The molecule has 0 bridgehead atoms. The molecule has 7 heteroatoms. The van der Waals surface area contributed by atoms with Crippen LogP contribution in [-0.2, 0) is 19.7 Å². The summed E-state index contributed by atoms with van der Waals surface area (Å²) >= 11 is 0. The molecular formula is C23H22N2O5. The van der Waals surface area contributed by atoms with Crippen LogP contribution in [0.4, 0.5) is 11.4 Å². The van der Waals surface area contributed by atoms with Crippen LogP contribution in [0.5, 0.6) is 0 Å². The first kappa shape index (κ1) is 21.0. The quantitative estimate of drug-likeness (QED) is 0.311. The van der Waals surface area contributed by atoms with Gasteiger partial charge in [-0.15, -0.1) is 0 Å². The summed E-state index contributed by atoms with van der Waals surface area (Å²) in [6.45, 7) is 3.66. The lowest BCUT2D eigenvalue weighted by molar-refractivity contribution is -0.385. The van der Waals surface area contributed by atoms with Crippen molar-refractivity contribution in [1.29, 1.82) is 0 Å². The van der Waals surface area contributed by atoms with Crippen molar-refractivity contribution in [3.05, 3.63) is 87.6 Å². The minimum absolute atomic E-state index is 0.117. The van der Waals surface area contributed by atoms with E-state index in [2.05, 4.69) is 0 Å². The number of benzene rings is 2. The second kappa shape index (κ2) is 8.32. The molecule has 0 N–H and O–H groups in total. The standard InChI is InChI=1S/C23H22N2O5/c1-23(2)18-9-5-7-11-20(18)24(3)21(23)14-17(26)15-30-22(27)13-12-16-8-4-6-10-19(16)25(28)29/h4-14H,15H2,1-3H3. The molecule has 2 aromatic rings. The number of rotatable bonds is 6. The van der Waals surface area contributed by atoms with E-state index < -0.39 is 17.5 Å². The molecule has 0 unspecified atom stereocenters. The number of hydrogen-bond donors (Lipinski definition) is 0. The van der Waals surface area contributed by atoms with Gasteiger partial charge in [-0.3, -0.25) is 14.9 Å². The third kappa shape index (κ3) is 4.15. The summed E-state index contributed by atoms with van der Waals surface area (Å²) < 4.78 is 5.01. The van der Waals surface area contributed by atoms with Crippen LogP contribution >= 0.6 is 0 Å². The molecule has 30 heavy (non-hydrogen) atoms. The smallest absolute Gasteiger partial charge is 0.331 e. The minimum atomic E-state index is -0.748. The Bertz CT molecular complexity index is 1070. The molecule has 1 heterocycles. The maximum atomic E-state index is 12.4. The fourth-order valence-corrected chi connectivity index (χ4v) is 3.60. The van der Waals surface area contributed by atoms with Gasteiger partial charge in [-0.05, 0) is 23.8 Å². The van der Waals surface area contributed by atoms with Crippen LogP contribution in [0.25, 0.3) is 6.08 Å². The van der Waals surface area contributed by atoms with E-state index in [1.54, 1.807) is 12.1 Å². The van der Waals surface area contributed by atoms with Crippen LogP contribution in [-0.4, -0.2) is 30.3 Å². The lowest BCUT2D eigenvalue weighted by atomic mass is 9.83. The zero-order valence-electron chi connectivity index (χ0n) is 17.0. The molecule has 3 rings (SSSR count). The summed E-state index contributed by atoms with van der Waals surface area (Å²) in [5.41, 5.74) is 2.78. The van der Waals surface area contributed by atoms with Gasteiger partial charge in [0.25, 0.3) is 5.69 Å². The Balaban J connectivity index is 1.65. The van der Waals surface area contributed by atoms with Crippen LogP contribution in [0.2, 0.25) is 0 Å². The highest BCUT2D eigenvalue weighted by Gasteiger charge is 2.38. The first-order valence-corrected chi connectivity index (χ1v) is 9.38. The number of nitro groups is 1. The number of allylic oxidation sites excluding steroid dienone is 1. The van der Waals surface area contributed by atoms with E-state index in [1.807, 2.05) is 50.1 Å². The number of para-hydroxylation sites is 2. The number of hydrogen-bond acceptors (Lipinski definition) is 6. The Morgan fingerprint density at radius 1 is 1.13 bits per heavy atom. The normalized spacial score (nSPS) is 16.0. The van der Waals surface area contributed by atoms with Gasteiger partial charge in [0.05, 0.1) is 10.5 Å². The molecule has 0 radical (unpaired) electrons. The van der Waals surface area contributed by atoms with E-state index in [4.69, 9.17) is 4.74 Å². The Morgan fingerprint density at radius 2 is 1.80 bits per heavy atom. The molecule has 1 aliphatic heterocycles. The zero-order chi connectivity index (χ0) is 21.9. The molecule has 0 spiro atoms. The van der Waals surface area contributed by atoms with E-state index in [0.29, 0.717) is 0 Å². The summed E-state index contributed by atoms with van der Waals surface area (Å²) in [5, 5.41) is 11.0. The van der Waals surface area contributed by atoms with Gasteiger partial charge in [-0.1, -0.05) is 44.2 Å². The van der Waals surface area contributed by atoms with Gasteiger partial charge in [0.15, 0.2) is 12.4 Å². The SMILES string of the molecule is CN1C(=CC(=O)COC(=O)C=Cc2ccccc2[N+](=O)[O-])C(C)(C)c2ccccc21. The molecule has 0 atom stereocenters. The Labute approximate surface area is 174 Å². The molecule has 0 saturated heterocycles. The van der Waals surface area contributed by atoms with Gasteiger partial charge in [0.1, 0.15) is 0 Å². The van der Waals surface area contributed by atoms with Crippen molar-refractivity contribution in [1.82, 2.24) is 0 Å². The van der Waals surface area contributed by atoms with Crippen molar-refractivity contribution in [2.75, 3.05) is 18.6 Å². The molecule has 2 aromatic carbocycles. The average molecular weight is 406 g/mol. The van der Waals surface area contributed by atoms with Crippen LogP contribution in [0.3, 0.4) is 0 Å².